The van der Waals surface area contributed by atoms with Crippen molar-refractivity contribution in [3.63, 3.8) is 0 Å². The van der Waals surface area contributed by atoms with Crippen molar-refractivity contribution in [2.45, 2.75) is 32.6 Å². The quantitative estimate of drug-likeness (QED) is 0.587. The van der Waals surface area contributed by atoms with Gasteiger partial charge in [0.05, 0.1) is 14.2 Å². The number of carbonyl (C=O) groups is 1. The average Bonchev–Trinajstić information content (AvgIpc) is 2.38. The standard InChI is InChI=1S/C14H20O5/c1-4-5-6-7-9(15)12-10(16)8-11(18-2)14(19-3)13(12)17/h8,16-17H,4-7H2,1-3H3. The Bertz CT molecular complexity index is 454. The molecule has 0 saturated heterocycles. The molecule has 5 nitrogen and oxygen atoms in total. The lowest BCUT2D eigenvalue weighted by atomic mass is 10.0. The predicted octanol–water partition coefficient (Wildman–Crippen LogP) is 2.88. The van der Waals surface area contributed by atoms with Crippen LogP contribution in [0.2, 0.25) is 0 Å². The number of ketones is 1. The highest BCUT2D eigenvalue weighted by atomic mass is 16.5. The number of ether oxygens (including phenoxy) is 2. The van der Waals surface area contributed by atoms with Crippen molar-refractivity contribution in [1.82, 2.24) is 0 Å². The molecule has 0 aliphatic rings. The average molecular weight is 268 g/mol. The molecule has 0 saturated carbocycles. The Morgan fingerprint density at radius 3 is 2.42 bits per heavy atom. The molecule has 0 aromatic heterocycles. The smallest absolute Gasteiger partial charge is 0.204 e. The van der Waals surface area contributed by atoms with E-state index in [1.165, 1.54) is 20.3 Å². The topological polar surface area (TPSA) is 76.0 Å². The summed E-state index contributed by atoms with van der Waals surface area (Å²) in [5, 5.41) is 19.9. The van der Waals surface area contributed by atoms with Crippen LogP contribution in [0.4, 0.5) is 0 Å². The molecule has 19 heavy (non-hydrogen) atoms. The van der Waals surface area contributed by atoms with Crippen LogP contribution < -0.4 is 9.47 Å². The molecule has 0 aliphatic heterocycles. The van der Waals surface area contributed by atoms with Crippen LogP contribution in [0.25, 0.3) is 0 Å². The van der Waals surface area contributed by atoms with Gasteiger partial charge in [0.1, 0.15) is 11.3 Å². The number of hydrogen-bond acceptors (Lipinski definition) is 5. The SMILES string of the molecule is CCCCCC(=O)c1c(O)cc(OC)c(OC)c1O. The molecule has 0 spiro atoms. The highest BCUT2D eigenvalue weighted by Gasteiger charge is 2.23. The number of methoxy groups -OCH3 is 2. The lowest BCUT2D eigenvalue weighted by molar-refractivity contribution is 0.0973. The number of aromatic hydroxyl groups is 2. The molecule has 1 aromatic carbocycles. The molecule has 1 aromatic rings. The molecule has 0 unspecified atom stereocenters. The fourth-order valence-corrected chi connectivity index (χ4v) is 1.90. The summed E-state index contributed by atoms with van der Waals surface area (Å²) in [5.41, 5.74) is -0.103. The van der Waals surface area contributed by atoms with Gasteiger partial charge in [-0.1, -0.05) is 19.8 Å². The maximum Gasteiger partial charge on any atom is 0.204 e. The van der Waals surface area contributed by atoms with Gasteiger partial charge in [-0.2, -0.15) is 0 Å². The van der Waals surface area contributed by atoms with Gasteiger partial charge in [-0.15, -0.1) is 0 Å². The Kier molecular flexibility index (Phi) is 5.48. The van der Waals surface area contributed by atoms with E-state index < -0.39 is 0 Å². The van der Waals surface area contributed by atoms with E-state index in [4.69, 9.17) is 9.47 Å². The highest BCUT2D eigenvalue weighted by Crippen LogP contribution is 2.44. The molecule has 0 bridgehead atoms. The molecule has 1 rings (SSSR count). The lowest BCUT2D eigenvalue weighted by Crippen LogP contribution is -2.02. The minimum atomic E-state index is -0.374. The first kappa shape index (κ1) is 15.1. The van der Waals surface area contributed by atoms with E-state index in [-0.39, 0.29) is 40.8 Å². The van der Waals surface area contributed by atoms with Crippen LogP contribution in [0, 0.1) is 0 Å². The zero-order valence-corrected chi connectivity index (χ0v) is 11.5. The molecule has 0 amide bonds. The van der Waals surface area contributed by atoms with Crippen molar-refractivity contribution in [1.29, 1.82) is 0 Å². The minimum Gasteiger partial charge on any atom is -0.507 e. The molecule has 5 heteroatoms. The molecule has 0 aliphatic carbocycles. The van der Waals surface area contributed by atoms with Gasteiger partial charge >= 0.3 is 0 Å². The number of hydrogen-bond donors (Lipinski definition) is 2. The minimum absolute atomic E-state index is 0.0548. The summed E-state index contributed by atoms with van der Waals surface area (Å²) in [4.78, 5) is 12.0. The third kappa shape index (κ3) is 3.30. The van der Waals surface area contributed by atoms with Gasteiger partial charge in [-0.25, -0.2) is 0 Å². The fraction of sp³-hybridized carbons (Fsp3) is 0.500. The number of carbonyl (C=O) groups excluding carboxylic acids is 1. The van der Waals surface area contributed by atoms with E-state index in [0.29, 0.717) is 0 Å². The van der Waals surface area contributed by atoms with Crippen molar-refractivity contribution in [3.05, 3.63) is 11.6 Å². The summed E-state index contributed by atoms with van der Waals surface area (Å²) in [6, 6.07) is 1.27. The van der Waals surface area contributed by atoms with Gasteiger partial charge in [-0.3, -0.25) is 4.79 Å². The second-order valence-corrected chi connectivity index (χ2v) is 4.24. The maximum atomic E-state index is 12.0. The first-order valence-electron chi connectivity index (χ1n) is 6.26. The summed E-state index contributed by atoms with van der Waals surface area (Å²) in [7, 11) is 2.75. The van der Waals surface area contributed by atoms with Gasteiger partial charge in [0, 0.05) is 12.5 Å². The summed E-state index contributed by atoms with van der Waals surface area (Å²) in [5.74, 6) is -0.733. The van der Waals surface area contributed by atoms with Gasteiger partial charge in [0.2, 0.25) is 5.75 Å². The maximum absolute atomic E-state index is 12.0. The summed E-state index contributed by atoms with van der Waals surface area (Å²) in [6.07, 6.45) is 2.94. The molecular formula is C14H20O5. The molecular weight excluding hydrogens is 248 g/mol. The van der Waals surface area contributed by atoms with Crippen molar-refractivity contribution in [2.24, 2.45) is 0 Å². The van der Waals surface area contributed by atoms with Crippen LogP contribution in [0.15, 0.2) is 6.07 Å². The normalized spacial score (nSPS) is 10.3. The summed E-state index contributed by atoms with van der Waals surface area (Å²) < 4.78 is 9.97. The number of phenolic OH excluding ortho intramolecular Hbond substituents is 2. The van der Waals surface area contributed by atoms with Crippen LogP contribution in [0.3, 0.4) is 0 Å². The Morgan fingerprint density at radius 1 is 1.21 bits per heavy atom. The Hall–Kier alpha value is -1.91. The Balaban J connectivity index is 3.10. The summed E-state index contributed by atoms with van der Waals surface area (Å²) >= 11 is 0. The van der Waals surface area contributed by atoms with E-state index in [0.717, 1.165) is 19.3 Å². The number of unbranched alkanes of at least 4 members (excludes halogenated alkanes) is 2. The zero-order chi connectivity index (χ0) is 14.4. The van der Waals surface area contributed by atoms with Crippen molar-refractivity contribution in [2.75, 3.05) is 14.2 Å². The van der Waals surface area contributed by atoms with E-state index in [1.54, 1.807) is 0 Å². The Morgan fingerprint density at radius 2 is 1.89 bits per heavy atom. The van der Waals surface area contributed by atoms with Crippen LogP contribution in [-0.2, 0) is 0 Å². The van der Waals surface area contributed by atoms with Gasteiger partial charge in [-0.05, 0) is 6.42 Å². The van der Waals surface area contributed by atoms with E-state index in [9.17, 15) is 15.0 Å². The van der Waals surface area contributed by atoms with Crippen molar-refractivity contribution in [3.8, 4) is 23.0 Å². The zero-order valence-electron chi connectivity index (χ0n) is 11.5. The monoisotopic (exact) mass is 268 g/mol. The third-order valence-electron chi connectivity index (χ3n) is 2.91. The highest BCUT2D eigenvalue weighted by molar-refractivity contribution is 6.02. The second kappa shape index (κ2) is 6.87. The molecule has 106 valence electrons. The Labute approximate surface area is 112 Å². The van der Waals surface area contributed by atoms with E-state index >= 15 is 0 Å². The predicted molar refractivity (Wildman–Crippen MR) is 71.3 cm³/mol. The van der Waals surface area contributed by atoms with Crippen LogP contribution >= 0.6 is 0 Å². The molecule has 0 fully saturated rings. The van der Waals surface area contributed by atoms with Crippen LogP contribution in [0.1, 0.15) is 43.0 Å². The van der Waals surface area contributed by atoms with Crippen molar-refractivity contribution >= 4 is 5.78 Å². The number of benzene rings is 1. The molecule has 0 heterocycles. The third-order valence-corrected chi connectivity index (χ3v) is 2.91. The van der Waals surface area contributed by atoms with Crippen molar-refractivity contribution < 1.29 is 24.5 Å². The van der Waals surface area contributed by atoms with Gasteiger partial charge < -0.3 is 19.7 Å². The van der Waals surface area contributed by atoms with E-state index in [2.05, 4.69) is 0 Å². The molecule has 0 atom stereocenters. The van der Waals surface area contributed by atoms with Gasteiger partial charge in [0.15, 0.2) is 17.3 Å². The van der Waals surface area contributed by atoms with Crippen LogP contribution in [-0.4, -0.2) is 30.2 Å². The first-order chi connectivity index (χ1) is 9.06. The first-order valence-corrected chi connectivity index (χ1v) is 6.26. The molecule has 0 radical (unpaired) electrons. The number of phenols is 2. The number of Topliss-reactive ketones (excluding diaryl/α,β-unsaturated/α-hetero) is 1. The lowest BCUT2D eigenvalue weighted by Gasteiger charge is -2.13. The second-order valence-electron chi connectivity index (χ2n) is 4.24. The number of rotatable bonds is 7. The summed E-state index contributed by atoms with van der Waals surface area (Å²) in [6.45, 7) is 2.04. The largest absolute Gasteiger partial charge is 0.507 e. The van der Waals surface area contributed by atoms with Crippen LogP contribution in [0.5, 0.6) is 23.0 Å². The van der Waals surface area contributed by atoms with E-state index in [1.807, 2.05) is 6.92 Å². The molecule has 2 N–H and O–H groups in total. The fourth-order valence-electron chi connectivity index (χ4n) is 1.90. The van der Waals surface area contributed by atoms with Gasteiger partial charge in [0.25, 0.3) is 0 Å².